The summed E-state index contributed by atoms with van der Waals surface area (Å²) < 4.78 is 20.0. The topological polar surface area (TPSA) is 48.1 Å². The molecule has 4 heteroatoms. The van der Waals surface area contributed by atoms with E-state index in [1.807, 2.05) is 30.3 Å². The second kappa shape index (κ2) is 6.08. The molecule has 19 heavy (non-hydrogen) atoms. The van der Waals surface area contributed by atoms with Crippen LogP contribution in [0.25, 0.3) is 10.9 Å². The third kappa shape index (κ3) is 3.08. The van der Waals surface area contributed by atoms with Crippen molar-refractivity contribution >= 4 is 10.9 Å². The number of alkyl halides is 1. The van der Waals surface area contributed by atoms with E-state index in [1.165, 1.54) is 7.11 Å². The number of aromatic nitrogens is 1. The van der Waals surface area contributed by atoms with Crippen molar-refractivity contribution in [2.24, 2.45) is 5.73 Å². The number of benzene rings is 1. The zero-order valence-corrected chi connectivity index (χ0v) is 11.1. The molecule has 2 rings (SSSR count). The molecule has 0 saturated heterocycles. The van der Waals surface area contributed by atoms with E-state index in [0.717, 1.165) is 10.9 Å². The zero-order valence-electron chi connectivity index (χ0n) is 11.1. The number of nitrogens with two attached hydrogens (primary N) is 1. The van der Waals surface area contributed by atoms with Gasteiger partial charge < -0.3 is 10.5 Å². The third-order valence-electron chi connectivity index (χ3n) is 3.26. The number of methoxy groups -OCH3 is 1. The van der Waals surface area contributed by atoms with Gasteiger partial charge in [0.05, 0.1) is 12.1 Å². The highest BCUT2D eigenvalue weighted by atomic mass is 19.1. The van der Waals surface area contributed by atoms with Gasteiger partial charge >= 0.3 is 0 Å². The fourth-order valence-electron chi connectivity index (χ4n) is 2.23. The van der Waals surface area contributed by atoms with Crippen LogP contribution in [-0.2, 0) is 10.4 Å². The molecule has 1 aromatic carbocycles. The molecule has 102 valence electrons. The van der Waals surface area contributed by atoms with Crippen LogP contribution >= 0.6 is 0 Å². The van der Waals surface area contributed by atoms with Crippen LogP contribution < -0.4 is 5.73 Å². The van der Waals surface area contributed by atoms with Crippen LogP contribution in [0.15, 0.2) is 36.5 Å². The normalized spacial score (nSPS) is 14.5. The number of hydrogen-bond donors (Lipinski definition) is 1. The maximum Gasteiger partial charge on any atom is 0.160 e. The molecule has 2 N–H and O–H groups in total. The van der Waals surface area contributed by atoms with E-state index in [1.54, 1.807) is 6.20 Å². The maximum atomic E-state index is 15.0. The highest BCUT2D eigenvalue weighted by Crippen LogP contribution is 2.32. The van der Waals surface area contributed by atoms with Crippen LogP contribution in [0.2, 0.25) is 0 Å². The first-order valence-electron chi connectivity index (χ1n) is 6.43. The van der Waals surface area contributed by atoms with Crippen molar-refractivity contribution in [2.45, 2.75) is 18.5 Å². The Labute approximate surface area is 112 Å². The van der Waals surface area contributed by atoms with E-state index in [2.05, 4.69) is 4.98 Å². The van der Waals surface area contributed by atoms with Crippen molar-refractivity contribution in [1.29, 1.82) is 0 Å². The van der Waals surface area contributed by atoms with Gasteiger partial charge in [0.1, 0.15) is 0 Å². The predicted octanol–water partition coefficient (Wildman–Crippen LogP) is 2.78. The molecule has 0 aliphatic heterocycles. The van der Waals surface area contributed by atoms with Crippen molar-refractivity contribution in [1.82, 2.24) is 4.98 Å². The second-order valence-corrected chi connectivity index (χ2v) is 4.71. The minimum atomic E-state index is -1.52. The van der Waals surface area contributed by atoms with Crippen molar-refractivity contribution in [3.8, 4) is 0 Å². The average molecular weight is 262 g/mol. The SMILES string of the molecule is COCC(F)(CCCN)c1cnc2ccccc2c1. The summed E-state index contributed by atoms with van der Waals surface area (Å²) in [5, 5.41) is 0.936. The van der Waals surface area contributed by atoms with E-state index in [9.17, 15) is 0 Å². The highest BCUT2D eigenvalue weighted by molar-refractivity contribution is 5.78. The monoisotopic (exact) mass is 262 g/mol. The van der Waals surface area contributed by atoms with Gasteiger partial charge in [0, 0.05) is 24.3 Å². The standard InChI is InChI=1S/C15H19FN2O/c1-19-11-15(16,7-4-8-17)13-9-12-5-2-3-6-14(12)18-10-13/h2-3,5-6,9-10H,4,7-8,11,17H2,1H3. The summed E-state index contributed by atoms with van der Waals surface area (Å²) in [4.78, 5) is 4.31. The molecular formula is C15H19FN2O. The smallest absolute Gasteiger partial charge is 0.160 e. The molecule has 0 aliphatic rings. The number of para-hydroxylation sites is 1. The maximum absolute atomic E-state index is 15.0. The zero-order chi connectivity index (χ0) is 13.7. The lowest BCUT2D eigenvalue weighted by Crippen LogP contribution is -2.27. The Balaban J connectivity index is 2.37. The first kappa shape index (κ1) is 13.9. The number of rotatable bonds is 6. The van der Waals surface area contributed by atoms with Gasteiger partial charge in [-0.3, -0.25) is 4.98 Å². The lowest BCUT2D eigenvalue weighted by molar-refractivity contribution is 0.0302. The van der Waals surface area contributed by atoms with Crippen LogP contribution in [0.1, 0.15) is 18.4 Å². The third-order valence-corrected chi connectivity index (χ3v) is 3.26. The molecule has 0 radical (unpaired) electrons. The summed E-state index contributed by atoms with van der Waals surface area (Å²) in [6, 6.07) is 9.53. The Kier molecular flexibility index (Phi) is 4.45. The van der Waals surface area contributed by atoms with Gasteiger partial charge in [0.2, 0.25) is 0 Å². The van der Waals surface area contributed by atoms with Crippen molar-refractivity contribution < 1.29 is 9.13 Å². The lowest BCUT2D eigenvalue weighted by Gasteiger charge is -2.25. The summed E-state index contributed by atoms with van der Waals surface area (Å²) in [5.41, 5.74) is 5.38. The van der Waals surface area contributed by atoms with E-state index in [0.29, 0.717) is 24.9 Å². The van der Waals surface area contributed by atoms with Crippen LogP contribution in [-0.4, -0.2) is 25.2 Å². The summed E-state index contributed by atoms with van der Waals surface area (Å²) in [5.74, 6) is 0. The fraction of sp³-hybridized carbons (Fsp3) is 0.400. The molecule has 1 unspecified atom stereocenters. The quantitative estimate of drug-likeness (QED) is 0.870. The van der Waals surface area contributed by atoms with E-state index < -0.39 is 5.67 Å². The van der Waals surface area contributed by atoms with Gasteiger partial charge in [0.15, 0.2) is 5.67 Å². The van der Waals surface area contributed by atoms with Gasteiger partial charge in [-0.2, -0.15) is 0 Å². The van der Waals surface area contributed by atoms with Gasteiger partial charge in [-0.05, 0) is 31.5 Å². The van der Waals surface area contributed by atoms with Gasteiger partial charge in [-0.25, -0.2) is 4.39 Å². The molecule has 1 heterocycles. The molecular weight excluding hydrogens is 243 g/mol. The van der Waals surface area contributed by atoms with Crippen LogP contribution in [0, 0.1) is 0 Å². The van der Waals surface area contributed by atoms with E-state index >= 15 is 4.39 Å². The Morgan fingerprint density at radius 1 is 1.37 bits per heavy atom. The Morgan fingerprint density at radius 3 is 2.89 bits per heavy atom. The first-order valence-corrected chi connectivity index (χ1v) is 6.43. The molecule has 0 saturated carbocycles. The van der Waals surface area contributed by atoms with Crippen LogP contribution in [0.3, 0.4) is 0 Å². The second-order valence-electron chi connectivity index (χ2n) is 4.71. The molecule has 2 aromatic rings. The Bertz CT molecular complexity index is 546. The summed E-state index contributed by atoms with van der Waals surface area (Å²) in [7, 11) is 1.51. The highest BCUT2D eigenvalue weighted by Gasteiger charge is 2.32. The lowest BCUT2D eigenvalue weighted by atomic mass is 9.92. The van der Waals surface area contributed by atoms with Crippen LogP contribution in [0.5, 0.6) is 0 Å². The fourth-order valence-corrected chi connectivity index (χ4v) is 2.23. The minimum Gasteiger partial charge on any atom is -0.381 e. The van der Waals surface area contributed by atoms with E-state index in [4.69, 9.17) is 10.5 Å². The molecule has 0 amide bonds. The number of ether oxygens (including phenoxy) is 1. The van der Waals surface area contributed by atoms with Gasteiger partial charge in [0.25, 0.3) is 0 Å². The molecule has 1 atom stereocenters. The number of nitrogens with zero attached hydrogens (tertiary/aromatic N) is 1. The molecule has 0 spiro atoms. The van der Waals surface area contributed by atoms with Crippen LogP contribution in [0.4, 0.5) is 4.39 Å². The van der Waals surface area contributed by atoms with Gasteiger partial charge in [-0.1, -0.05) is 18.2 Å². The number of pyridine rings is 1. The summed E-state index contributed by atoms with van der Waals surface area (Å²) in [6.07, 6.45) is 2.56. The van der Waals surface area contributed by atoms with E-state index in [-0.39, 0.29) is 6.61 Å². The Hall–Kier alpha value is -1.52. The predicted molar refractivity (Wildman–Crippen MR) is 74.7 cm³/mol. The number of hydrogen-bond acceptors (Lipinski definition) is 3. The Morgan fingerprint density at radius 2 is 2.16 bits per heavy atom. The average Bonchev–Trinajstić information content (AvgIpc) is 2.45. The summed E-state index contributed by atoms with van der Waals surface area (Å²) >= 11 is 0. The van der Waals surface area contributed by atoms with Gasteiger partial charge in [-0.15, -0.1) is 0 Å². The number of fused-ring (bicyclic) bond motifs is 1. The molecule has 1 aromatic heterocycles. The molecule has 0 bridgehead atoms. The van der Waals surface area contributed by atoms with Crippen molar-refractivity contribution in [3.05, 3.63) is 42.1 Å². The molecule has 3 nitrogen and oxygen atoms in total. The van der Waals surface area contributed by atoms with Crippen molar-refractivity contribution in [3.63, 3.8) is 0 Å². The van der Waals surface area contributed by atoms with Crippen molar-refractivity contribution in [2.75, 3.05) is 20.3 Å². The summed E-state index contributed by atoms with van der Waals surface area (Å²) in [6.45, 7) is 0.489. The number of halogens is 1. The minimum absolute atomic E-state index is 0.0209. The first-order chi connectivity index (χ1) is 9.19. The molecule has 0 aliphatic carbocycles. The molecule has 0 fully saturated rings. The largest absolute Gasteiger partial charge is 0.381 e.